The average Bonchev–Trinajstić information content (AvgIpc) is 3.22. The van der Waals surface area contributed by atoms with Crippen LogP contribution < -0.4 is 0 Å². The monoisotopic (exact) mass is 559 g/mol. The Bertz CT molecular complexity index is 1260. The fraction of sp³-hybridized carbons (Fsp3) is 0.355. The van der Waals surface area contributed by atoms with Gasteiger partial charge in [0.05, 0.1) is 6.67 Å². The molecule has 0 spiro atoms. The number of benzene rings is 3. The first-order valence-corrected chi connectivity index (χ1v) is 13.7. The van der Waals surface area contributed by atoms with Crippen LogP contribution in [0.2, 0.25) is 10.0 Å². The Kier molecular flexibility index (Phi) is 9.58. The van der Waals surface area contributed by atoms with Gasteiger partial charge in [0.25, 0.3) is 0 Å². The lowest BCUT2D eigenvalue weighted by molar-refractivity contribution is 0.301. The molecule has 2 aliphatic rings. The Balaban J connectivity index is 0.00000320. The number of nitrogens with zero attached hydrogens (tertiary/aromatic N) is 1. The van der Waals surface area contributed by atoms with Crippen molar-refractivity contribution in [2.24, 2.45) is 5.92 Å². The van der Waals surface area contributed by atoms with Crippen LogP contribution in [0.1, 0.15) is 53.5 Å². The van der Waals surface area contributed by atoms with Crippen molar-refractivity contribution in [3.63, 3.8) is 0 Å². The number of phenolic OH excluding ortho intramolecular Hbond substituents is 1. The first-order valence-electron chi connectivity index (χ1n) is 12.9. The number of hydrogen-bond donors (Lipinski definition) is 1. The molecule has 1 aliphatic carbocycles. The Morgan fingerprint density at radius 1 is 0.946 bits per heavy atom. The highest BCUT2D eigenvalue weighted by Crippen LogP contribution is 2.43. The molecule has 1 N–H and O–H groups in total. The summed E-state index contributed by atoms with van der Waals surface area (Å²) in [6.07, 6.45) is 5.63. The van der Waals surface area contributed by atoms with Crippen LogP contribution in [-0.2, 0) is 12.8 Å². The highest BCUT2D eigenvalue weighted by atomic mass is 35.5. The standard InChI is InChI=1S/C31H32Cl2FNO.ClH/c32-25-9-11-28(30(33)19-25)29-4-1-3-24-18-26(36)10-12-27(24)31(29)23-7-5-21(6-8-23)17-22-13-16-35(20-22)15-2-14-34;/h5-12,18-19,22,36H,1-4,13-17,20H2;1H. The third kappa shape index (κ3) is 6.52. The topological polar surface area (TPSA) is 23.5 Å². The van der Waals surface area contributed by atoms with Crippen LogP contribution >= 0.6 is 35.6 Å². The molecule has 0 saturated carbocycles. The highest BCUT2D eigenvalue weighted by molar-refractivity contribution is 6.36. The van der Waals surface area contributed by atoms with Gasteiger partial charge in [-0.05, 0) is 114 Å². The molecule has 6 heteroatoms. The van der Waals surface area contributed by atoms with Crippen molar-refractivity contribution in [1.82, 2.24) is 4.90 Å². The largest absolute Gasteiger partial charge is 0.508 e. The van der Waals surface area contributed by atoms with Gasteiger partial charge in [0.15, 0.2) is 0 Å². The normalized spacial score (nSPS) is 17.9. The number of alkyl halides is 1. The van der Waals surface area contributed by atoms with Crippen molar-refractivity contribution in [2.45, 2.75) is 38.5 Å². The Hall–Kier alpha value is -2.04. The van der Waals surface area contributed by atoms with Crippen LogP contribution in [-0.4, -0.2) is 36.3 Å². The predicted molar refractivity (Wildman–Crippen MR) is 156 cm³/mol. The summed E-state index contributed by atoms with van der Waals surface area (Å²) in [6.45, 7) is 2.77. The van der Waals surface area contributed by atoms with E-state index in [2.05, 4.69) is 29.2 Å². The summed E-state index contributed by atoms with van der Waals surface area (Å²) < 4.78 is 12.5. The number of allylic oxidation sites excluding steroid dienone is 1. The van der Waals surface area contributed by atoms with Crippen molar-refractivity contribution in [1.29, 1.82) is 0 Å². The van der Waals surface area contributed by atoms with Crippen LogP contribution in [0.5, 0.6) is 5.75 Å². The Morgan fingerprint density at radius 2 is 1.73 bits per heavy atom. The maximum Gasteiger partial charge on any atom is 0.115 e. The molecule has 1 unspecified atom stereocenters. The molecule has 1 heterocycles. The summed E-state index contributed by atoms with van der Waals surface area (Å²) in [7, 11) is 0. The molecular weight excluding hydrogens is 528 g/mol. The number of halogens is 4. The molecule has 3 aromatic carbocycles. The van der Waals surface area contributed by atoms with E-state index in [9.17, 15) is 9.50 Å². The molecule has 1 fully saturated rings. The average molecular weight is 561 g/mol. The predicted octanol–water partition coefficient (Wildman–Crippen LogP) is 8.64. The van der Waals surface area contributed by atoms with E-state index in [0.717, 1.165) is 67.6 Å². The number of hydrogen-bond acceptors (Lipinski definition) is 2. The van der Waals surface area contributed by atoms with Crippen molar-refractivity contribution >= 4 is 46.8 Å². The molecule has 0 amide bonds. The Morgan fingerprint density at radius 3 is 2.49 bits per heavy atom. The summed E-state index contributed by atoms with van der Waals surface area (Å²) in [4.78, 5) is 2.39. The van der Waals surface area contributed by atoms with Gasteiger partial charge in [0.2, 0.25) is 0 Å². The first kappa shape index (κ1) is 28.0. The van der Waals surface area contributed by atoms with Gasteiger partial charge in [-0.25, -0.2) is 0 Å². The van der Waals surface area contributed by atoms with E-state index in [1.54, 1.807) is 6.07 Å². The molecule has 1 atom stereocenters. The maximum absolute atomic E-state index is 12.5. The van der Waals surface area contributed by atoms with Crippen LogP contribution in [0.15, 0.2) is 60.7 Å². The lowest BCUT2D eigenvalue weighted by atomic mass is 9.87. The number of phenols is 1. The van der Waals surface area contributed by atoms with Gasteiger partial charge >= 0.3 is 0 Å². The zero-order chi connectivity index (χ0) is 25.1. The molecule has 37 heavy (non-hydrogen) atoms. The van der Waals surface area contributed by atoms with Gasteiger partial charge in [0, 0.05) is 23.1 Å². The van der Waals surface area contributed by atoms with Gasteiger partial charge in [-0.3, -0.25) is 4.39 Å². The molecule has 3 aromatic rings. The second-order valence-corrected chi connectivity index (χ2v) is 10.9. The summed E-state index contributed by atoms with van der Waals surface area (Å²) in [5.41, 5.74) is 8.21. The highest BCUT2D eigenvalue weighted by Gasteiger charge is 2.24. The number of likely N-dealkylation sites (tertiary alicyclic amines) is 1. The van der Waals surface area contributed by atoms with Crippen molar-refractivity contribution < 1.29 is 9.50 Å². The molecule has 0 aromatic heterocycles. The van der Waals surface area contributed by atoms with Gasteiger partial charge < -0.3 is 10.0 Å². The third-order valence-corrected chi connectivity index (χ3v) is 8.08. The van der Waals surface area contributed by atoms with Gasteiger partial charge in [-0.15, -0.1) is 12.4 Å². The minimum atomic E-state index is -0.232. The number of aromatic hydroxyl groups is 1. The molecule has 0 bridgehead atoms. The van der Waals surface area contributed by atoms with E-state index in [1.165, 1.54) is 23.1 Å². The quantitative estimate of drug-likeness (QED) is 0.313. The number of aryl methyl sites for hydroxylation is 1. The SMILES string of the molecule is Cl.Oc1ccc2c(c1)CCCC(c1ccc(Cl)cc1Cl)=C2c1ccc(CC2CCN(CCCF)C2)cc1. The maximum atomic E-state index is 12.5. The number of rotatable bonds is 7. The second kappa shape index (κ2) is 12.7. The van der Waals surface area contributed by atoms with Gasteiger partial charge in [0.1, 0.15) is 5.75 Å². The van der Waals surface area contributed by atoms with Crippen LogP contribution in [0.3, 0.4) is 0 Å². The van der Waals surface area contributed by atoms with Crippen molar-refractivity contribution in [3.8, 4) is 5.75 Å². The Labute approximate surface area is 235 Å². The molecule has 1 saturated heterocycles. The van der Waals surface area contributed by atoms with Crippen LogP contribution in [0, 0.1) is 5.92 Å². The van der Waals surface area contributed by atoms with Crippen molar-refractivity contribution in [2.75, 3.05) is 26.3 Å². The molecular formula is C31H33Cl3FNO. The van der Waals surface area contributed by atoms with Gasteiger partial charge in [-0.1, -0.05) is 59.6 Å². The third-order valence-electron chi connectivity index (χ3n) is 7.53. The van der Waals surface area contributed by atoms with E-state index in [1.807, 2.05) is 30.3 Å². The summed E-state index contributed by atoms with van der Waals surface area (Å²) in [6, 6.07) is 20.4. The molecule has 1 aliphatic heterocycles. The lowest BCUT2D eigenvalue weighted by Crippen LogP contribution is -2.22. The lowest BCUT2D eigenvalue weighted by Gasteiger charge is -2.18. The van der Waals surface area contributed by atoms with E-state index < -0.39 is 0 Å². The van der Waals surface area contributed by atoms with E-state index >= 15 is 0 Å². The minimum Gasteiger partial charge on any atom is -0.508 e. The van der Waals surface area contributed by atoms with Crippen molar-refractivity contribution in [3.05, 3.63) is 98.5 Å². The van der Waals surface area contributed by atoms with E-state index in [4.69, 9.17) is 23.2 Å². The minimum absolute atomic E-state index is 0. The molecule has 5 rings (SSSR count). The smallest absolute Gasteiger partial charge is 0.115 e. The zero-order valence-electron chi connectivity index (χ0n) is 20.9. The molecule has 0 radical (unpaired) electrons. The summed E-state index contributed by atoms with van der Waals surface area (Å²) >= 11 is 12.9. The fourth-order valence-electron chi connectivity index (χ4n) is 5.81. The van der Waals surface area contributed by atoms with E-state index in [0.29, 0.717) is 28.1 Å². The first-order chi connectivity index (χ1) is 17.5. The van der Waals surface area contributed by atoms with Crippen LogP contribution in [0.4, 0.5) is 4.39 Å². The molecule has 2 nitrogen and oxygen atoms in total. The van der Waals surface area contributed by atoms with Crippen LogP contribution in [0.25, 0.3) is 11.1 Å². The number of fused-ring (bicyclic) bond motifs is 1. The van der Waals surface area contributed by atoms with Gasteiger partial charge in [-0.2, -0.15) is 0 Å². The fourth-order valence-corrected chi connectivity index (χ4v) is 6.34. The molecule has 196 valence electrons. The summed E-state index contributed by atoms with van der Waals surface area (Å²) in [5, 5.41) is 11.4. The zero-order valence-corrected chi connectivity index (χ0v) is 23.2. The van der Waals surface area contributed by atoms with E-state index in [-0.39, 0.29) is 19.1 Å². The second-order valence-electron chi connectivity index (χ2n) is 10.1. The summed E-state index contributed by atoms with van der Waals surface area (Å²) in [5.74, 6) is 0.924.